The van der Waals surface area contributed by atoms with Crippen molar-refractivity contribution in [3.05, 3.63) is 34.4 Å². The third kappa shape index (κ3) is 1.95. The molecule has 0 radical (unpaired) electrons. The molecule has 2 rings (SSSR count). The molecule has 1 atom stereocenters. The number of carbonyl (C=O) groups is 1. The molecule has 0 bridgehead atoms. The Kier molecular flexibility index (Phi) is 2.97. The van der Waals surface area contributed by atoms with Crippen molar-refractivity contribution in [3.63, 3.8) is 0 Å². The zero-order valence-corrected chi connectivity index (χ0v) is 9.71. The van der Waals surface area contributed by atoms with Gasteiger partial charge in [0.1, 0.15) is 0 Å². The van der Waals surface area contributed by atoms with Gasteiger partial charge in [0.15, 0.2) is 0 Å². The second-order valence-corrected chi connectivity index (χ2v) is 4.52. The van der Waals surface area contributed by atoms with E-state index in [1.807, 2.05) is 19.1 Å². The van der Waals surface area contributed by atoms with Gasteiger partial charge in [-0.05, 0) is 55.5 Å². The molecule has 86 valence electrons. The second-order valence-electron chi connectivity index (χ2n) is 4.52. The van der Waals surface area contributed by atoms with E-state index in [4.69, 9.17) is 5.11 Å². The normalized spacial score (nSPS) is 20.0. The van der Waals surface area contributed by atoms with E-state index in [1.165, 1.54) is 11.1 Å². The maximum absolute atomic E-state index is 11.1. The van der Waals surface area contributed by atoms with Crippen LogP contribution in [0.1, 0.15) is 39.4 Å². The lowest BCUT2D eigenvalue weighted by Gasteiger charge is -2.14. The number of benzene rings is 1. The molecular formula is C13H17NO2. The van der Waals surface area contributed by atoms with E-state index in [0.29, 0.717) is 11.5 Å². The fourth-order valence-corrected chi connectivity index (χ4v) is 2.46. The second kappa shape index (κ2) is 4.26. The molecule has 1 aliphatic rings. The third-order valence-corrected chi connectivity index (χ3v) is 3.34. The van der Waals surface area contributed by atoms with Crippen LogP contribution in [0, 0.1) is 13.8 Å². The van der Waals surface area contributed by atoms with Gasteiger partial charge < -0.3 is 10.4 Å². The van der Waals surface area contributed by atoms with Crippen LogP contribution in [0.2, 0.25) is 0 Å². The van der Waals surface area contributed by atoms with Gasteiger partial charge in [0.05, 0.1) is 5.56 Å². The smallest absolute Gasteiger partial charge is 0.335 e. The maximum Gasteiger partial charge on any atom is 0.335 e. The summed E-state index contributed by atoms with van der Waals surface area (Å²) in [6.07, 6.45) is 1.10. The lowest BCUT2D eigenvalue weighted by atomic mass is 9.90. The van der Waals surface area contributed by atoms with Crippen molar-refractivity contribution in [2.45, 2.75) is 26.2 Å². The highest BCUT2D eigenvalue weighted by molar-refractivity contribution is 5.89. The number of hydrogen-bond donors (Lipinski definition) is 2. The molecular weight excluding hydrogens is 202 g/mol. The Morgan fingerprint density at radius 2 is 2.12 bits per heavy atom. The highest BCUT2D eigenvalue weighted by Gasteiger charge is 2.20. The molecule has 1 saturated heterocycles. The predicted octanol–water partition coefficient (Wildman–Crippen LogP) is 2.08. The molecule has 3 nitrogen and oxygen atoms in total. The number of nitrogens with one attached hydrogen (secondary N) is 1. The Hall–Kier alpha value is -1.35. The number of aromatic carboxylic acids is 1. The van der Waals surface area contributed by atoms with Gasteiger partial charge in [-0.3, -0.25) is 0 Å². The summed E-state index contributed by atoms with van der Waals surface area (Å²) >= 11 is 0. The summed E-state index contributed by atoms with van der Waals surface area (Å²) in [5.74, 6) is -0.358. The molecule has 2 N–H and O–H groups in total. The summed E-state index contributed by atoms with van der Waals surface area (Å²) in [6.45, 7) is 5.91. The van der Waals surface area contributed by atoms with Gasteiger partial charge in [0.2, 0.25) is 0 Å². The van der Waals surface area contributed by atoms with Crippen LogP contribution in [0.25, 0.3) is 0 Å². The quantitative estimate of drug-likeness (QED) is 0.800. The van der Waals surface area contributed by atoms with Crippen LogP contribution in [-0.2, 0) is 0 Å². The molecule has 1 aromatic carbocycles. The van der Waals surface area contributed by atoms with E-state index >= 15 is 0 Å². The number of rotatable bonds is 2. The summed E-state index contributed by atoms with van der Waals surface area (Å²) in [4.78, 5) is 11.1. The first kappa shape index (κ1) is 11.1. The minimum Gasteiger partial charge on any atom is -0.478 e. The molecule has 0 amide bonds. The highest BCUT2D eigenvalue weighted by Crippen LogP contribution is 2.27. The van der Waals surface area contributed by atoms with Crippen LogP contribution in [-0.4, -0.2) is 24.2 Å². The summed E-state index contributed by atoms with van der Waals surface area (Å²) < 4.78 is 0. The largest absolute Gasteiger partial charge is 0.478 e. The average molecular weight is 219 g/mol. The Morgan fingerprint density at radius 3 is 2.69 bits per heavy atom. The summed E-state index contributed by atoms with van der Waals surface area (Å²) in [6, 6.07) is 3.84. The van der Waals surface area contributed by atoms with Crippen LogP contribution in [0.15, 0.2) is 12.1 Å². The highest BCUT2D eigenvalue weighted by atomic mass is 16.4. The predicted molar refractivity (Wildman–Crippen MR) is 63.1 cm³/mol. The number of hydrogen-bond acceptors (Lipinski definition) is 2. The summed E-state index contributed by atoms with van der Waals surface area (Å²) in [7, 11) is 0. The number of carboxylic acid groups (broad SMARTS) is 1. The Morgan fingerprint density at radius 1 is 1.38 bits per heavy atom. The van der Waals surface area contributed by atoms with Gasteiger partial charge in [-0.25, -0.2) is 4.79 Å². The Labute approximate surface area is 95.5 Å². The average Bonchev–Trinajstić information content (AvgIpc) is 2.70. The van der Waals surface area contributed by atoms with Crippen molar-refractivity contribution < 1.29 is 9.90 Å². The van der Waals surface area contributed by atoms with E-state index in [2.05, 4.69) is 12.2 Å². The van der Waals surface area contributed by atoms with Crippen molar-refractivity contribution >= 4 is 5.97 Å². The van der Waals surface area contributed by atoms with E-state index < -0.39 is 5.97 Å². The fourth-order valence-electron chi connectivity index (χ4n) is 2.46. The van der Waals surface area contributed by atoms with Crippen molar-refractivity contribution in [2.75, 3.05) is 13.1 Å². The lowest BCUT2D eigenvalue weighted by Crippen LogP contribution is -2.10. The zero-order chi connectivity index (χ0) is 11.7. The van der Waals surface area contributed by atoms with Gasteiger partial charge in [-0.15, -0.1) is 0 Å². The molecule has 1 heterocycles. The standard InChI is InChI=1S/C13H17NO2/c1-8-5-9(2)12(13(15)16)6-11(8)10-3-4-14-7-10/h5-6,10,14H,3-4,7H2,1-2H3,(H,15,16). The third-order valence-electron chi connectivity index (χ3n) is 3.34. The SMILES string of the molecule is Cc1cc(C)c(C2CCNC2)cc1C(=O)O. The molecule has 1 aliphatic heterocycles. The zero-order valence-electron chi connectivity index (χ0n) is 9.71. The first-order valence-corrected chi connectivity index (χ1v) is 5.64. The van der Waals surface area contributed by atoms with Gasteiger partial charge in [0, 0.05) is 6.54 Å². The number of aryl methyl sites for hydroxylation is 2. The Bertz CT molecular complexity index is 420. The van der Waals surface area contributed by atoms with Gasteiger partial charge in [-0.2, -0.15) is 0 Å². The van der Waals surface area contributed by atoms with Crippen LogP contribution in [0.3, 0.4) is 0 Å². The molecule has 0 aromatic heterocycles. The Balaban J connectivity index is 2.44. The first-order chi connectivity index (χ1) is 7.59. The van der Waals surface area contributed by atoms with Gasteiger partial charge in [-0.1, -0.05) is 6.07 Å². The minimum atomic E-state index is -0.829. The molecule has 0 spiro atoms. The van der Waals surface area contributed by atoms with Crippen LogP contribution in [0.4, 0.5) is 0 Å². The molecule has 0 saturated carbocycles. The monoisotopic (exact) mass is 219 g/mol. The topological polar surface area (TPSA) is 49.3 Å². The van der Waals surface area contributed by atoms with E-state index in [-0.39, 0.29) is 0 Å². The van der Waals surface area contributed by atoms with Crippen LogP contribution >= 0.6 is 0 Å². The molecule has 16 heavy (non-hydrogen) atoms. The molecule has 3 heteroatoms. The van der Waals surface area contributed by atoms with E-state index in [1.54, 1.807) is 0 Å². The van der Waals surface area contributed by atoms with E-state index in [0.717, 1.165) is 25.1 Å². The van der Waals surface area contributed by atoms with Crippen molar-refractivity contribution in [1.29, 1.82) is 0 Å². The lowest BCUT2D eigenvalue weighted by molar-refractivity contribution is 0.0696. The van der Waals surface area contributed by atoms with Gasteiger partial charge in [0.25, 0.3) is 0 Å². The summed E-state index contributed by atoms with van der Waals surface area (Å²) in [5.41, 5.74) is 3.68. The maximum atomic E-state index is 11.1. The number of carboxylic acids is 1. The molecule has 1 unspecified atom stereocenters. The fraction of sp³-hybridized carbons (Fsp3) is 0.462. The van der Waals surface area contributed by atoms with Crippen molar-refractivity contribution in [3.8, 4) is 0 Å². The van der Waals surface area contributed by atoms with Crippen molar-refractivity contribution in [1.82, 2.24) is 5.32 Å². The van der Waals surface area contributed by atoms with E-state index in [9.17, 15) is 4.79 Å². The molecule has 1 aromatic rings. The minimum absolute atomic E-state index is 0.438. The van der Waals surface area contributed by atoms with Crippen LogP contribution in [0.5, 0.6) is 0 Å². The first-order valence-electron chi connectivity index (χ1n) is 5.64. The van der Waals surface area contributed by atoms with Gasteiger partial charge >= 0.3 is 5.97 Å². The molecule has 1 fully saturated rings. The van der Waals surface area contributed by atoms with Crippen molar-refractivity contribution in [2.24, 2.45) is 0 Å². The van der Waals surface area contributed by atoms with Crippen LogP contribution < -0.4 is 5.32 Å². The molecule has 0 aliphatic carbocycles. The summed E-state index contributed by atoms with van der Waals surface area (Å²) in [5, 5.41) is 12.4.